The van der Waals surface area contributed by atoms with E-state index < -0.39 is 0 Å². The maximum absolute atomic E-state index is 10.8. The smallest absolute Gasteiger partial charge is 0.187 e. The highest BCUT2D eigenvalue weighted by atomic mass is 27.0. The molecule has 0 rings (SSSR count). The predicted molar refractivity (Wildman–Crippen MR) is 129 cm³/mol. The van der Waals surface area contributed by atoms with Gasteiger partial charge in [0.2, 0.25) is 0 Å². The molecule has 0 aromatic carbocycles. The second-order valence-electron chi connectivity index (χ2n) is 7.56. The molecule has 0 heterocycles. The van der Waals surface area contributed by atoms with Gasteiger partial charge in [0.25, 0.3) is 0 Å². The lowest BCUT2D eigenvalue weighted by Gasteiger charge is -1.93. The number of hydrogen-bond donors (Lipinski definition) is 0. The van der Waals surface area contributed by atoms with Gasteiger partial charge in [0.1, 0.15) is 34.7 Å². The molecule has 0 unspecified atom stereocenters. The molecule has 0 N–H and O–H groups in total. The second-order valence-corrected chi connectivity index (χ2v) is 7.56. The summed E-state index contributed by atoms with van der Waals surface area (Å²) in [5.41, 5.74) is 0. The van der Waals surface area contributed by atoms with Gasteiger partial charge in [0, 0.05) is 19.3 Å². The van der Waals surface area contributed by atoms with Crippen LogP contribution in [0.4, 0.5) is 0 Å². The van der Waals surface area contributed by atoms with Crippen LogP contribution in [0, 0.1) is 0 Å². The normalized spacial score (nSPS) is 9.10. The molecule has 0 fully saturated rings. The Balaban J connectivity index is -0.000000174. The maximum atomic E-state index is 10.8. The Morgan fingerprint density at radius 1 is 0.452 bits per heavy atom. The molecule has 0 atom stereocenters. The standard InChI is InChI=1S/3C8H14O2.Al.3H/c3*1-3-4-5-8(10)6-7(2)9;;;;/h3*3-6H2,1-2H3;;;;. The van der Waals surface area contributed by atoms with Crippen LogP contribution >= 0.6 is 0 Å². The van der Waals surface area contributed by atoms with E-state index >= 15 is 0 Å². The Bertz CT molecular complexity index is 464. The molecule has 0 aliphatic carbocycles. The summed E-state index contributed by atoms with van der Waals surface area (Å²) in [5, 5.41) is 0. The van der Waals surface area contributed by atoms with E-state index in [1.165, 1.54) is 20.8 Å². The summed E-state index contributed by atoms with van der Waals surface area (Å²) in [4.78, 5) is 63.6. The first-order valence-corrected chi connectivity index (χ1v) is 11.0. The van der Waals surface area contributed by atoms with Crippen LogP contribution in [0.5, 0.6) is 0 Å². The summed E-state index contributed by atoms with van der Waals surface area (Å²) in [6.07, 6.45) is 7.85. The van der Waals surface area contributed by atoms with Crippen molar-refractivity contribution >= 4 is 52.1 Å². The molecule has 31 heavy (non-hydrogen) atoms. The topological polar surface area (TPSA) is 102 Å². The number of Topliss-reactive ketones (excluding diaryl/α,β-unsaturated/α-hetero) is 6. The van der Waals surface area contributed by atoms with Crippen molar-refractivity contribution < 1.29 is 28.8 Å². The summed E-state index contributed by atoms with van der Waals surface area (Å²) in [5.74, 6) is 0.154. The Morgan fingerprint density at radius 3 is 0.774 bits per heavy atom. The molecule has 0 saturated heterocycles. The quantitative estimate of drug-likeness (QED) is 0.273. The molecule has 6 nitrogen and oxygen atoms in total. The third-order valence-corrected chi connectivity index (χ3v) is 3.77. The number of rotatable bonds is 15. The zero-order valence-electron chi connectivity index (χ0n) is 19.9. The van der Waals surface area contributed by atoms with Crippen LogP contribution in [0.1, 0.15) is 119 Å². The van der Waals surface area contributed by atoms with E-state index in [0.29, 0.717) is 19.3 Å². The lowest BCUT2D eigenvalue weighted by atomic mass is 10.1. The minimum Gasteiger partial charge on any atom is -0.300 e. The maximum Gasteiger partial charge on any atom is 0.187 e. The van der Waals surface area contributed by atoms with E-state index in [0.717, 1.165) is 38.5 Å². The van der Waals surface area contributed by atoms with Crippen molar-refractivity contribution in [2.24, 2.45) is 0 Å². The fourth-order valence-electron chi connectivity index (χ4n) is 2.22. The van der Waals surface area contributed by atoms with Gasteiger partial charge in [-0.2, -0.15) is 0 Å². The van der Waals surface area contributed by atoms with Crippen LogP contribution in [0.15, 0.2) is 0 Å². The number of ketones is 6. The summed E-state index contributed by atoms with van der Waals surface area (Å²) in [6, 6.07) is 0. The highest BCUT2D eigenvalue weighted by Crippen LogP contribution is 1.99. The largest absolute Gasteiger partial charge is 0.300 e. The molecular weight excluding hydrogens is 411 g/mol. The first kappa shape index (κ1) is 36.9. The van der Waals surface area contributed by atoms with Gasteiger partial charge >= 0.3 is 0 Å². The van der Waals surface area contributed by atoms with E-state index in [2.05, 4.69) is 0 Å². The van der Waals surface area contributed by atoms with Crippen molar-refractivity contribution in [1.29, 1.82) is 0 Å². The molecule has 0 amide bonds. The summed E-state index contributed by atoms with van der Waals surface area (Å²) < 4.78 is 0. The minimum atomic E-state index is -0.0268. The van der Waals surface area contributed by atoms with Gasteiger partial charge in [-0.3, -0.25) is 28.8 Å². The highest BCUT2D eigenvalue weighted by Gasteiger charge is 2.04. The van der Waals surface area contributed by atoms with E-state index in [-0.39, 0.29) is 71.3 Å². The monoisotopic (exact) mass is 456 g/mol. The lowest BCUT2D eigenvalue weighted by molar-refractivity contribution is -0.127. The van der Waals surface area contributed by atoms with Gasteiger partial charge in [-0.05, 0) is 40.0 Å². The molecular formula is C24H45AlO6. The highest BCUT2D eigenvalue weighted by molar-refractivity contribution is 5.98. The Hall–Kier alpha value is -1.45. The van der Waals surface area contributed by atoms with Crippen molar-refractivity contribution in [1.82, 2.24) is 0 Å². The molecule has 0 spiro atoms. The molecule has 0 aliphatic heterocycles. The fourth-order valence-corrected chi connectivity index (χ4v) is 2.22. The van der Waals surface area contributed by atoms with Gasteiger partial charge < -0.3 is 0 Å². The first-order valence-electron chi connectivity index (χ1n) is 11.0. The zero-order valence-corrected chi connectivity index (χ0v) is 19.9. The van der Waals surface area contributed by atoms with Crippen LogP contribution in [0.25, 0.3) is 0 Å². The van der Waals surface area contributed by atoms with E-state index in [4.69, 9.17) is 0 Å². The molecule has 0 radical (unpaired) electrons. The van der Waals surface area contributed by atoms with Crippen molar-refractivity contribution in [3.63, 3.8) is 0 Å². The molecule has 0 aromatic heterocycles. The molecule has 0 aliphatic rings. The van der Waals surface area contributed by atoms with Crippen LogP contribution in [0.2, 0.25) is 0 Å². The SMILES string of the molecule is CCCCC(=O)CC(C)=O.CCCCC(=O)CC(C)=O.CCCCC(=O)CC(C)=O.[AlH3]. The molecule has 7 heteroatoms. The van der Waals surface area contributed by atoms with Crippen LogP contribution in [-0.4, -0.2) is 52.1 Å². The van der Waals surface area contributed by atoms with Crippen LogP contribution < -0.4 is 0 Å². The number of carbonyl (C=O) groups excluding carboxylic acids is 6. The predicted octanol–water partition coefficient (Wildman–Crippen LogP) is 3.99. The third-order valence-electron chi connectivity index (χ3n) is 3.77. The fraction of sp³-hybridized carbons (Fsp3) is 0.750. The average Bonchev–Trinajstić information content (AvgIpc) is 2.62. The Morgan fingerprint density at radius 2 is 0.645 bits per heavy atom. The first-order chi connectivity index (χ1) is 14.0. The summed E-state index contributed by atoms with van der Waals surface area (Å²) >= 11 is 0. The van der Waals surface area contributed by atoms with Crippen LogP contribution in [0.3, 0.4) is 0 Å². The number of hydrogen-bond acceptors (Lipinski definition) is 6. The van der Waals surface area contributed by atoms with Crippen LogP contribution in [-0.2, 0) is 28.8 Å². The van der Waals surface area contributed by atoms with Crippen molar-refractivity contribution in [3.8, 4) is 0 Å². The van der Waals surface area contributed by atoms with E-state index in [1.807, 2.05) is 20.8 Å². The Kier molecular flexibility index (Phi) is 31.6. The van der Waals surface area contributed by atoms with Gasteiger partial charge in [0.05, 0.1) is 19.3 Å². The zero-order chi connectivity index (χ0) is 23.9. The van der Waals surface area contributed by atoms with Gasteiger partial charge in [-0.25, -0.2) is 0 Å². The summed E-state index contributed by atoms with van der Waals surface area (Å²) in [7, 11) is 0. The minimum absolute atomic E-state index is 0. The molecule has 0 aromatic rings. The van der Waals surface area contributed by atoms with Gasteiger partial charge in [-0.15, -0.1) is 0 Å². The van der Waals surface area contributed by atoms with E-state index in [1.54, 1.807) is 0 Å². The Labute approximate surface area is 199 Å². The van der Waals surface area contributed by atoms with Crippen molar-refractivity contribution in [2.75, 3.05) is 0 Å². The molecule has 0 saturated carbocycles. The molecule has 0 bridgehead atoms. The average molecular weight is 457 g/mol. The van der Waals surface area contributed by atoms with Crippen molar-refractivity contribution in [3.05, 3.63) is 0 Å². The number of carbonyl (C=O) groups is 6. The van der Waals surface area contributed by atoms with Gasteiger partial charge in [0.15, 0.2) is 17.4 Å². The summed E-state index contributed by atoms with van der Waals surface area (Å²) in [6.45, 7) is 10.4. The van der Waals surface area contributed by atoms with Gasteiger partial charge in [-0.1, -0.05) is 40.0 Å². The second kappa shape index (κ2) is 26.6. The third kappa shape index (κ3) is 39.6. The van der Waals surface area contributed by atoms with E-state index in [9.17, 15) is 28.8 Å². The lowest BCUT2D eigenvalue weighted by Crippen LogP contribution is -2.03. The molecule has 180 valence electrons. The van der Waals surface area contributed by atoms with Crippen molar-refractivity contribution in [2.45, 2.75) is 119 Å². The number of unbranched alkanes of at least 4 members (excludes halogenated alkanes) is 3.